The largest absolute Gasteiger partial charge is 0.385 e. The van der Waals surface area contributed by atoms with Crippen molar-refractivity contribution in [2.75, 3.05) is 24.2 Å². The Morgan fingerprint density at radius 1 is 1.16 bits per heavy atom. The van der Waals surface area contributed by atoms with Crippen LogP contribution in [-0.2, 0) is 0 Å². The van der Waals surface area contributed by atoms with Gasteiger partial charge in [-0.1, -0.05) is 37.3 Å². The molecule has 1 heterocycles. The molecule has 0 spiro atoms. The van der Waals surface area contributed by atoms with Gasteiger partial charge in [-0.3, -0.25) is 0 Å². The predicted molar refractivity (Wildman–Crippen MR) is 81.7 cm³/mol. The highest BCUT2D eigenvalue weighted by Gasteiger charge is 2.04. The third-order valence-electron chi connectivity index (χ3n) is 3.29. The molecule has 0 aliphatic carbocycles. The number of aromatic nitrogens is 1. The molecule has 0 aliphatic rings. The van der Waals surface area contributed by atoms with Gasteiger partial charge in [-0.05, 0) is 24.0 Å². The fourth-order valence-electron chi connectivity index (χ4n) is 2.06. The van der Waals surface area contributed by atoms with Crippen molar-refractivity contribution in [1.82, 2.24) is 4.98 Å². The first-order chi connectivity index (χ1) is 9.29. The van der Waals surface area contributed by atoms with E-state index < -0.39 is 0 Å². The predicted octanol–water partition coefficient (Wildman–Crippen LogP) is 3.73. The van der Waals surface area contributed by atoms with E-state index in [1.165, 1.54) is 5.56 Å². The Morgan fingerprint density at radius 2 is 1.95 bits per heavy atom. The van der Waals surface area contributed by atoms with Crippen molar-refractivity contribution in [2.24, 2.45) is 0 Å². The molecule has 0 saturated carbocycles. The number of rotatable bonds is 6. The summed E-state index contributed by atoms with van der Waals surface area (Å²) in [5, 5.41) is 6.48. The minimum Gasteiger partial charge on any atom is -0.385 e. The van der Waals surface area contributed by atoms with Crippen LogP contribution in [0.3, 0.4) is 0 Å². The summed E-state index contributed by atoms with van der Waals surface area (Å²) < 4.78 is 0. The minimum atomic E-state index is 0.569. The molecule has 2 aromatic rings. The van der Waals surface area contributed by atoms with Gasteiger partial charge >= 0.3 is 0 Å². The zero-order valence-electron chi connectivity index (χ0n) is 11.6. The average molecular weight is 255 g/mol. The van der Waals surface area contributed by atoms with Crippen LogP contribution in [0.5, 0.6) is 0 Å². The third-order valence-corrected chi connectivity index (χ3v) is 3.29. The Hall–Kier alpha value is -2.03. The van der Waals surface area contributed by atoms with Crippen LogP contribution in [0.4, 0.5) is 11.5 Å². The van der Waals surface area contributed by atoms with E-state index in [1.807, 2.05) is 25.4 Å². The minimum absolute atomic E-state index is 0.569. The molecule has 1 aromatic carbocycles. The Labute approximate surface area is 115 Å². The highest BCUT2D eigenvalue weighted by Crippen LogP contribution is 2.19. The van der Waals surface area contributed by atoms with E-state index in [2.05, 4.69) is 52.9 Å². The van der Waals surface area contributed by atoms with Gasteiger partial charge in [0.25, 0.3) is 0 Å². The summed E-state index contributed by atoms with van der Waals surface area (Å²) in [6.07, 6.45) is 2.93. The SMILES string of the molecule is CNc1cc(NCCC(C)c2ccccc2)ccn1. The van der Waals surface area contributed by atoms with Gasteiger partial charge in [-0.2, -0.15) is 0 Å². The first-order valence-electron chi connectivity index (χ1n) is 6.72. The summed E-state index contributed by atoms with van der Waals surface area (Å²) >= 11 is 0. The van der Waals surface area contributed by atoms with Crippen molar-refractivity contribution >= 4 is 11.5 Å². The molecule has 100 valence electrons. The molecule has 0 saturated heterocycles. The summed E-state index contributed by atoms with van der Waals surface area (Å²) in [5.74, 6) is 1.46. The summed E-state index contributed by atoms with van der Waals surface area (Å²) in [6, 6.07) is 14.7. The molecule has 0 radical (unpaired) electrons. The lowest BCUT2D eigenvalue weighted by molar-refractivity contribution is 0.706. The van der Waals surface area contributed by atoms with Gasteiger partial charge in [-0.15, -0.1) is 0 Å². The van der Waals surface area contributed by atoms with E-state index in [-0.39, 0.29) is 0 Å². The van der Waals surface area contributed by atoms with Gasteiger partial charge in [0.05, 0.1) is 0 Å². The molecule has 1 aromatic heterocycles. The first-order valence-corrected chi connectivity index (χ1v) is 6.72. The lowest BCUT2D eigenvalue weighted by atomic mass is 9.98. The van der Waals surface area contributed by atoms with Crippen LogP contribution in [0.1, 0.15) is 24.8 Å². The Balaban J connectivity index is 1.83. The lowest BCUT2D eigenvalue weighted by Gasteiger charge is -2.13. The maximum absolute atomic E-state index is 4.20. The van der Waals surface area contributed by atoms with Crippen molar-refractivity contribution in [3.63, 3.8) is 0 Å². The molecule has 0 fully saturated rings. The maximum Gasteiger partial charge on any atom is 0.127 e. The van der Waals surface area contributed by atoms with E-state index in [9.17, 15) is 0 Å². The molecular weight excluding hydrogens is 234 g/mol. The van der Waals surface area contributed by atoms with Crippen molar-refractivity contribution in [3.05, 3.63) is 54.2 Å². The fraction of sp³-hybridized carbons (Fsp3) is 0.312. The molecule has 2 rings (SSSR count). The normalized spacial score (nSPS) is 11.9. The van der Waals surface area contributed by atoms with E-state index in [0.29, 0.717) is 5.92 Å². The number of hydrogen-bond acceptors (Lipinski definition) is 3. The third kappa shape index (κ3) is 3.98. The second-order valence-electron chi connectivity index (χ2n) is 4.71. The molecule has 0 bridgehead atoms. The lowest BCUT2D eigenvalue weighted by Crippen LogP contribution is -2.06. The molecule has 2 N–H and O–H groups in total. The highest BCUT2D eigenvalue weighted by molar-refractivity contribution is 5.51. The van der Waals surface area contributed by atoms with E-state index in [0.717, 1.165) is 24.5 Å². The zero-order valence-corrected chi connectivity index (χ0v) is 11.6. The second kappa shape index (κ2) is 6.78. The van der Waals surface area contributed by atoms with Crippen LogP contribution in [0, 0.1) is 0 Å². The number of pyridine rings is 1. The highest BCUT2D eigenvalue weighted by atomic mass is 15.0. The molecule has 3 heteroatoms. The van der Waals surface area contributed by atoms with Crippen LogP contribution in [0.15, 0.2) is 48.7 Å². The van der Waals surface area contributed by atoms with Gasteiger partial charge in [-0.25, -0.2) is 4.98 Å². The smallest absolute Gasteiger partial charge is 0.127 e. The van der Waals surface area contributed by atoms with Crippen molar-refractivity contribution in [1.29, 1.82) is 0 Å². The number of anilines is 2. The number of hydrogen-bond donors (Lipinski definition) is 2. The molecule has 1 unspecified atom stereocenters. The quantitative estimate of drug-likeness (QED) is 0.826. The topological polar surface area (TPSA) is 37.0 Å². The van der Waals surface area contributed by atoms with Crippen LogP contribution >= 0.6 is 0 Å². The van der Waals surface area contributed by atoms with E-state index >= 15 is 0 Å². The summed E-state index contributed by atoms with van der Waals surface area (Å²) in [4.78, 5) is 4.20. The van der Waals surface area contributed by atoms with Crippen molar-refractivity contribution in [2.45, 2.75) is 19.3 Å². The zero-order chi connectivity index (χ0) is 13.5. The Morgan fingerprint density at radius 3 is 2.68 bits per heavy atom. The van der Waals surface area contributed by atoms with E-state index in [4.69, 9.17) is 0 Å². The molecule has 0 aliphatic heterocycles. The monoisotopic (exact) mass is 255 g/mol. The number of nitrogens with zero attached hydrogens (tertiary/aromatic N) is 1. The van der Waals surface area contributed by atoms with Gasteiger partial charge in [0.1, 0.15) is 5.82 Å². The van der Waals surface area contributed by atoms with E-state index in [1.54, 1.807) is 0 Å². The molecule has 3 nitrogen and oxygen atoms in total. The summed E-state index contributed by atoms with van der Waals surface area (Å²) in [5.41, 5.74) is 2.51. The van der Waals surface area contributed by atoms with Crippen LogP contribution < -0.4 is 10.6 Å². The second-order valence-corrected chi connectivity index (χ2v) is 4.71. The number of nitrogens with one attached hydrogen (secondary N) is 2. The van der Waals surface area contributed by atoms with Crippen molar-refractivity contribution in [3.8, 4) is 0 Å². The van der Waals surface area contributed by atoms with Crippen molar-refractivity contribution < 1.29 is 0 Å². The fourth-order valence-corrected chi connectivity index (χ4v) is 2.06. The molecule has 1 atom stereocenters. The Kier molecular flexibility index (Phi) is 4.78. The van der Waals surface area contributed by atoms with Crippen LogP contribution in [-0.4, -0.2) is 18.6 Å². The first kappa shape index (κ1) is 13.4. The molecular formula is C16H21N3. The Bertz CT molecular complexity index is 496. The van der Waals surface area contributed by atoms with Gasteiger partial charge in [0.2, 0.25) is 0 Å². The maximum atomic E-state index is 4.20. The van der Waals surface area contributed by atoms with Crippen LogP contribution in [0.25, 0.3) is 0 Å². The van der Waals surface area contributed by atoms with Crippen LogP contribution in [0.2, 0.25) is 0 Å². The molecule has 0 amide bonds. The molecule has 19 heavy (non-hydrogen) atoms. The average Bonchev–Trinajstić information content (AvgIpc) is 2.48. The summed E-state index contributed by atoms with van der Waals surface area (Å²) in [7, 11) is 1.88. The van der Waals surface area contributed by atoms with Gasteiger partial charge in [0, 0.05) is 31.5 Å². The van der Waals surface area contributed by atoms with Gasteiger partial charge < -0.3 is 10.6 Å². The summed E-state index contributed by atoms with van der Waals surface area (Å²) in [6.45, 7) is 3.23. The van der Waals surface area contributed by atoms with Gasteiger partial charge in [0.15, 0.2) is 0 Å². The standard InChI is InChI=1S/C16H21N3/c1-13(14-6-4-3-5-7-14)8-10-18-15-9-11-19-16(12-15)17-2/h3-7,9,11-13H,8,10H2,1-2H3,(H2,17,18,19). The number of benzene rings is 1.